The Morgan fingerprint density at radius 3 is 2.68 bits per heavy atom. The molecule has 4 aromatic rings. The highest BCUT2D eigenvalue weighted by Crippen LogP contribution is 2.31. The van der Waals surface area contributed by atoms with Crippen molar-refractivity contribution < 1.29 is 13.5 Å². The van der Waals surface area contributed by atoms with Crippen LogP contribution in [0.5, 0.6) is 0 Å². The van der Waals surface area contributed by atoms with Crippen molar-refractivity contribution in [2.75, 3.05) is 39.4 Å². The van der Waals surface area contributed by atoms with Crippen LogP contribution in [0.3, 0.4) is 0 Å². The van der Waals surface area contributed by atoms with Crippen LogP contribution in [-0.4, -0.2) is 64.0 Å². The zero-order chi connectivity index (χ0) is 25.2. The smallest absolute Gasteiger partial charge is 0.131 e. The molecule has 1 atom stereocenters. The first-order chi connectivity index (χ1) is 18.1. The number of hydrogen-bond donors (Lipinski definition) is 1. The van der Waals surface area contributed by atoms with E-state index in [0.717, 1.165) is 25.2 Å². The first-order valence-electron chi connectivity index (χ1n) is 12.9. The number of nitrogens with one attached hydrogen (secondary N) is 1. The number of benzene rings is 2. The Morgan fingerprint density at radius 2 is 1.89 bits per heavy atom. The van der Waals surface area contributed by atoms with E-state index in [1.807, 2.05) is 34.0 Å². The SMILES string of the molecule is Fc1cc(-c2cccc3ncc(-c4cnn(CC5CCCNC5)c4)nc23)cc(F)c1CN1CCOCC1. The Labute approximate surface area is 214 Å². The molecule has 0 aliphatic carbocycles. The second kappa shape index (κ2) is 10.6. The van der Waals surface area contributed by atoms with Crippen molar-refractivity contribution in [2.45, 2.75) is 25.9 Å². The van der Waals surface area contributed by atoms with Gasteiger partial charge in [-0.15, -0.1) is 0 Å². The predicted octanol–water partition coefficient (Wildman–Crippen LogP) is 4.27. The van der Waals surface area contributed by atoms with Crippen LogP contribution in [0.2, 0.25) is 0 Å². The Bertz CT molecular complexity index is 1370. The molecule has 2 aromatic carbocycles. The monoisotopic (exact) mass is 504 g/mol. The van der Waals surface area contributed by atoms with Crippen LogP contribution in [0, 0.1) is 17.6 Å². The third-order valence-electron chi connectivity index (χ3n) is 7.28. The first-order valence-corrected chi connectivity index (χ1v) is 12.9. The van der Waals surface area contributed by atoms with Crippen LogP contribution >= 0.6 is 0 Å². The normalized spacial score (nSPS) is 18.9. The molecule has 192 valence electrons. The molecule has 2 aromatic heterocycles. The van der Waals surface area contributed by atoms with Gasteiger partial charge in [-0.3, -0.25) is 14.6 Å². The van der Waals surface area contributed by atoms with Gasteiger partial charge in [-0.05, 0) is 55.6 Å². The van der Waals surface area contributed by atoms with E-state index in [-0.39, 0.29) is 12.1 Å². The standard InChI is InChI=1S/C28H30F2N6O/c29-24-11-20(12-25(30)23(24)18-35-7-9-37-10-8-35)22-4-1-5-26-28(22)34-27(15-32-26)21-14-33-36(17-21)16-19-3-2-6-31-13-19/h1,4-5,11-12,14-15,17,19,31H,2-3,6-10,13,16,18H2. The van der Waals surface area contributed by atoms with Crippen LogP contribution in [-0.2, 0) is 17.8 Å². The average molecular weight is 505 g/mol. The minimum absolute atomic E-state index is 0.0817. The van der Waals surface area contributed by atoms with Gasteiger partial charge in [0.25, 0.3) is 0 Å². The summed E-state index contributed by atoms with van der Waals surface area (Å²) >= 11 is 0. The lowest BCUT2D eigenvalue weighted by Gasteiger charge is -2.27. The van der Waals surface area contributed by atoms with Crippen LogP contribution in [0.1, 0.15) is 18.4 Å². The van der Waals surface area contributed by atoms with E-state index in [9.17, 15) is 0 Å². The third-order valence-corrected chi connectivity index (χ3v) is 7.28. The number of aromatic nitrogens is 4. The van der Waals surface area contributed by atoms with Crippen molar-refractivity contribution in [3.05, 3.63) is 66.1 Å². The van der Waals surface area contributed by atoms with Crippen LogP contribution in [0.15, 0.2) is 48.9 Å². The molecule has 2 aliphatic rings. The molecule has 2 aliphatic heterocycles. The summed E-state index contributed by atoms with van der Waals surface area (Å²) in [5.74, 6) is -0.547. The van der Waals surface area contributed by atoms with Gasteiger partial charge in [0.05, 0.1) is 42.3 Å². The maximum absolute atomic E-state index is 15.1. The molecule has 2 fully saturated rings. The number of piperidine rings is 1. The highest BCUT2D eigenvalue weighted by Gasteiger charge is 2.19. The molecule has 0 radical (unpaired) electrons. The van der Waals surface area contributed by atoms with Crippen molar-refractivity contribution in [2.24, 2.45) is 5.92 Å². The molecular formula is C28H30F2N6O. The topological polar surface area (TPSA) is 68.1 Å². The zero-order valence-corrected chi connectivity index (χ0v) is 20.7. The van der Waals surface area contributed by atoms with Crippen molar-refractivity contribution in [3.63, 3.8) is 0 Å². The molecular weight excluding hydrogens is 474 g/mol. The fourth-order valence-corrected chi connectivity index (χ4v) is 5.24. The number of fused-ring (bicyclic) bond motifs is 1. The molecule has 1 N–H and O–H groups in total. The molecule has 0 bridgehead atoms. The van der Waals surface area contributed by atoms with Gasteiger partial charge < -0.3 is 10.1 Å². The molecule has 4 heterocycles. The van der Waals surface area contributed by atoms with Gasteiger partial charge in [0.2, 0.25) is 0 Å². The summed E-state index contributed by atoms with van der Waals surface area (Å²) in [6, 6.07) is 8.32. The molecule has 37 heavy (non-hydrogen) atoms. The largest absolute Gasteiger partial charge is 0.379 e. The molecule has 6 rings (SSSR count). The van der Waals surface area contributed by atoms with E-state index >= 15 is 8.78 Å². The maximum Gasteiger partial charge on any atom is 0.131 e. The molecule has 7 nitrogen and oxygen atoms in total. The fourth-order valence-electron chi connectivity index (χ4n) is 5.24. The van der Waals surface area contributed by atoms with Gasteiger partial charge in [-0.1, -0.05) is 12.1 Å². The van der Waals surface area contributed by atoms with E-state index in [1.54, 1.807) is 12.4 Å². The van der Waals surface area contributed by atoms with Crippen molar-refractivity contribution >= 4 is 11.0 Å². The summed E-state index contributed by atoms with van der Waals surface area (Å²) in [6.45, 7) is 5.65. The number of morpholine rings is 1. The molecule has 0 amide bonds. The summed E-state index contributed by atoms with van der Waals surface area (Å²) < 4.78 is 37.6. The minimum atomic E-state index is -0.555. The van der Waals surface area contributed by atoms with Gasteiger partial charge in [0.15, 0.2) is 0 Å². The lowest BCUT2D eigenvalue weighted by molar-refractivity contribution is 0.0332. The lowest BCUT2D eigenvalue weighted by atomic mass is 10.00. The zero-order valence-electron chi connectivity index (χ0n) is 20.7. The summed E-state index contributed by atoms with van der Waals surface area (Å²) in [5.41, 5.74) is 3.98. The third kappa shape index (κ3) is 5.25. The van der Waals surface area contributed by atoms with Gasteiger partial charge in [0.1, 0.15) is 11.6 Å². The Balaban J connectivity index is 1.29. The summed E-state index contributed by atoms with van der Waals surface area (Å²) in [4.78, 5) is 11.5. The molecule has 1 unspecified atom stereocenters. The van der Waals surface area contributed by atoms with E-state index in [0.29, 0.717) is 60.1 Å². The number of nitrogens with zero attached hydrogens (tertiary/aromatic N) is 5. The first kappa shape index (κ1) is 24.1. The molecule has 0 saturated carbocycles. The Kier molecular flexibility index (Phi) is 6.91. The van der Waals surface area contributed by atoms with Crippen LogP contribution in [0.4, 0.5) is 8.78 Å². The van der Waals surface area contributed by atoms with Crippen molar-refractivity contribution in [1.82, 2.24) is 30.0 Å². The number of rotatable bonds is 6. The number of para-hydroxylation sites is 1. The van der Waals surface area contributed by atoms with E-state index in [1.165, 1.54) is 25.0 Å². The maximum atomic E-state index is 15.1. The summed E-state index contributed by atoms with van der Waals surface area (Å²) in [7, 11) is 0. The highest BCUT2D eigenvalue weighted by atomic mass is 19.1. The predicted molar refractivity (Wildman–Crippen MR) is 138 cm³/mol. The van der Waals surface area contributed by atoms with E-state index in [2.05, 4.69) is 15.4 Å². The summed E-state index contributed by atoms with van der Waals surface area (Å²) in [5, 5.41) is 7.98. The van der Waals surface area contributed by atoms with Crippen molar-refractivity contribution in [3.8, 4) is 22.4 Å². The second-order valence-corrected chi connectivity index (χ2v) is 9.90. The Morgan fingerprint density at radius 1 is 1.05 bits per heavy atom. The molecule has 2 saturated heterocycles. The quantitative estimate of drug-likeness (QED) is 0.423. The second-order valence-electron chi connectivity index (χ2n) is 9.90. The van der Waals surface area contributed by atoms with Gasteiger partial charge >= 0.3 is 0 Å². The van der Waals surface area contributed by atoms with Gasteiger partial charge in [-0.25, -0.2) is 13.8 Å². The fraction of sp³-hybridized carbons (Fsp3) is 0.393. The Hall–Kier alpha value is -3.27. The number of ether oxygens (including phenoxy) is 1. The van der Waals surface area contributed by atoms with E-state index < -0.39 is 11.6 Å². The molecule has 9 heteroatoms. The summed E-state index contributed by atoms with van der Waals surface area (Å²) in [6.07, 6.45) is 7.90. The van der Waals surface area contributed by atoms with Crippen LogP contribution < -0.4 is 5.32 Å². The van der Waals surface area contributed by atoms with Crippen LogP contribution in [0.25, 0.3) is 33.4 Å². The highest BCUT2D eigenvalue weighted by molar-refractivity contribution is 5.92. The van der Waals surface area contributed by atoms with E-state index in [4.69, 9.17) is 9.72 Å². The minimum Gasteiger partial charge on any atom is -0.379 e. The average Bonchev–Trinajstić information content (AvgIpc) is 3.39. The van der Waals surface area contributed by atoms with Crippen molar-refractivity contribution in [1.29, 1.82) is 0 Å². The van der Waals surface area contributed by atoms with Gasteiger partial charge in [-0.2, -0.15) is 5.10 Å². The van der Waals surface area contributed by atoms with Gasteiger partial charge in [0, 0.05) is 49.1 Å². The lowest BCUT2D eigenvalue weighted by Crippen LogP contribution is -2.36. The number of hydrogen-bond acceptors (Lipinski definition) is 6. The molecule has 0 spiro atoms. The number of halogens is 2.